The monoisotopic (exact) mass is 410 g/mol. The van der Waals surface area contributed by atoms with Crippen molar-refractivity contribution in [3.8, 4) is 0 Å². The third kappa shape index (κ3) is 5.16. The second-order valence-electron chi connectivity index (χ2n) is 6.24. The molecule has 28 heavy (non-hydrogen) atoms. The Kier molecular flexibility index (Phi) is 6.08. The number of piperidine rings is 1. The topological polar surface area (TPSA) is 75.2 Å². The molecular formula is C18H17F3N4O2S. The zero-order chi connectivity index (χ0) is 20.1. The number of carbonyl (C=O) groups is 2. The zero-order valence-electron chi connectivity index (χ0n) is 14.6. The molecule has 0 saturated carbocycles. The van der Waals surface area contributed by atoms with Crippen LogP contribution in [0.4, 0.5) is 18.3 Å². The molecule has 2 heterocycles. The lowest BCUT2D eigenvalue weighted by molar-refractivity contribution is -0.138. The number of likely N-dealkylation sites (tertiary alicyclic amines) is 1. The summed E-state index contributed by atoms with van der Waals surface area (Å²) in [5, 5.41) is 7.49. The summed E-state index contributed by atoms with van der Waals surface area (Å²) in [5.74, 6) is -0.932. The van der Waals surface area contributed by atoms with Crippen molar-refractivity contribution in [2.45, 2.75) is 19.0 Å². The molecule has 6 nitrogen and oxygen atoms in total. The second-order valence-corrected chi connectivity index (χ2v) is 7.22. The molecule has 1 N–H and O–H groups in total. The lowest BCUT2D eigenvalue weighted by Crippen LogP contribution is -2.40. The van der Waals surface area contributed by atoms with Crippen LogP contribution in [0.15, 0.2) is 36.4 Å². The van der Waals surface area contributed by atoms with Crippen LogP contribution < -0.4 is 5.32 Å². The number of halogens is 3. The van der Waals surface area contributed by atoms with E-state index >= 15 is 0 Å². The van der Waals surface area contributed by atoms with Gasteiger partial charge in [-0.3, -0.25) is 9.59 Å². The van der Waals surface area contributed by atoms with Crippen LogP contribution in [-0.4, -0.2) is 40.0 Å². The highest BCUT2D eigenvalue weighted by Gasteiger charge is 2.36. The van der Waals surface area contributed by atoms with Gasteiger partial charge >= 0.3 is 6.18 Å². The molecule has 1 fully saturated rings. The van der Waals surface area contributed by atoms with Crippen LogP contribution in [0.25, 0.3) is 6.08 Å². The van der Waals surface area contributed by atoms with Crippen molar-refractivity contribution in [3.05, 3.63) is 47.0 Å². The third-order valence-electron chi connectivity index (χ3n) is 4.29. The Hall–Kier alpha value is -2.75. The third-order valence-corrected chi connectivity index (χ3v) is 5.18. The normalized spacial score (nSPS) is 15.8. The van der Waals surface area contributed by atoms with Crippen molar-refractivity contribution in [2.75, 3.05) is 18.4 Å². The van der Waals surface area contributed by atoms with E-state index in [4.69, 9.17) is 0 Å². The molecular weight excluding hydrogens is 393 g/mol. The van der Waals surface area contributed by atoms with Gasteiger partial charge in [0.25, 0.3) is 0 Å². The number of amides is 2. The summed E-state index contributed by atoms with van der Waals surface area (Å²) >= 11 is 0.289. The van der Waals surface area contributed by atoms with Gasteiger partial charge in [-0.05, 0) is 24.5 Å². The highest BCUT2D eigenvalue weighted by Crippen LogP contribution is 2.33. The van der Waals surface area contributed by atoms with Gasteiger partial charge in [-0.15, -0.1) is 10.2 Å². The van der Waals surface area contributed by atoms with Crippen LogP contribution in [0.5, 0.6) is 0 Å². The minimum Gasteiger partial charge on any atom is -0.339 e. The van der Waals surface area contributed by atoms with E-state index in [1.807, 2.05) is 30.3 Å². The van der Waals surface area contributed by atoms with Gasteiger partial charge in [0.15, 0.2) is 0 Å². The fourth-order valence-electron chi connectivity index (χ4n) is 2.79. The van der Waals surface area contributed by atoms with Crippen molar-refractivity contribution < 1.29 is 22.8 Å². The number of aromatic nitrogens is 2. The van der Waals surface area contributed by atoms with Crippen LogP contribution >= 0.6 is 11.3 Å². The van der Waals surface area contributed by atoms with E-state index in [1.165, 1.54) is 6.08 Å². The summed E-state index contributed by atoms with van der Waals surface area (Å²) in [6, 6.07) is 9.42. The first-order valence-electron chi connectivity index (χ1n) is 8.56. The molecule has 148 valence electrons. The summed E-state index contributed by atoms with van der Waals surface area (Å²) in [6.07, 6.45) is -0.493. The van der Waals surface area contributed by atoms with Crippen molar-refractivity contribution in [1.29, 1.82) is 0 Å². The highest BCUT2D eigenvalue weighted by molar-refractivity contribution is 7.15. The van der Waals surface area contributed by atoms with Gasteiger partial charge in [-0.1, -0.05) is 41.7 Å². The first kappa shape index (κ1) is 20.0. The predicted octanol–water partition coefficient (Wildman–Crippen LogP) is 3.45. The predicted molar refractivity (Wildman–Crippen MR) is 98.3 cm³/mol. The standard InChI is InChI=1S/C18H17F3N4O2S/c19-18(20,21)16-23-24-17(28-16)22-15(27)13-8-10-25(11-9-13)14(26)7-6-12-4-2-1-3-5-12/h1-7,13H,8-11H2,(H,22,24,27)/b7-6+. The highest BCUT2D eigenvalue weighted by atomic mass is 32.1. The Morgan fingerprint density at radius 2 is 1.82 bits per heavy atom. The lowest BCUT2D eigenvalue weighted by atomic mass is 9.96. The number of anilines is 1. The van der Waals surface area contributed by atoms with Crippen molar-refractivity contribution >= 4 is 34.4 Å². The van der Waals surface area contributed by atoms with Gasteiger partial charge in [-0.2, -0.15) is 13.2 Å². The van der Waals surface area contributed by atoms with Gasteiger partial charge in [0.05, 0.1) is 0 Å². The molecule has 0 atom stereocenters. The Morgan fingerprint density at radius 1 is 1.14 bits per heavy atom. The minimum absolute atomic E-state index is 0.137. The molecule has 0 unspecified atom stereocenters. The van der Waals surface area contributed by atoms with E-state index < -0.39 is 17.1 Å². The first-order chi connectivity index (χ1) is 13.3. The molecule has 0 bridgehead atoms. The Labute approximate surface area is 163 Å². The van der Waals surface area contributed by atoms with Crippen molar-refractivity contribution in [2.24, 2.45) is 5.92 Å². The largest absolute Gasteiger partial charge is 0.445 e. The summed E-state index contributed by atoms with van der Waals surface area (Å²) in [6.45, 7) is 0.805. The maximum absolute atomic E-state index is 12.5. The molecule has 2 aromatic rings. The molecule has 0 aliphatic carbocycles. The Morgan fingerprint density at radius 3 is 2.43 bits per heavy atom. The molecule has 1 aliphatic heterocycles. The van der Waals surface area contributed by atoms with Gasteiger partial charge in [0, 0.05) is 25.1 Å². The van der Waals surface area contributed by atoms with E-state index in [-0.39, 0.29) is 28.3 Å². The number of rotatable bonds is 4. The number of alkyl halides is 3. The summed E-state index contributed by atoms with van der Waals surface area (Å²) in [4.78, 5) is 26.1. The number of nitrogens with zero attached hydrogens (tertiary/aromatic N) is 3. The maximum atomic E-state index is 12.5. The summed E-state index contributed by atoms with van der Waals surface area (Å²) in [5.41, 5.74) is 0.917. The van der Waals surface area contributed by atoms with E-state index in [1.54, 1.807) is 11.0 Å². The fraction of sp³-hybridized carbons (Fsp3) is 0.333. The molecule has 0 spiro atoms. The molecule has 0 radical (unpaired) electrons. The van der Waals surface area contributed by atoms with Crippen LogP contribution in [0.3, 0.4) is 0 Å². The minimum atomic E-state index is -4.58. The van der Waals surface area contributed by atoms with Crippen LogP contribution in [0.2, 0.25) is 0 Å². The van der Waals surface area contributed by atoms with E-state index in [2.05, 4.69) is 15.5 Å². The zero-order valence-corrected chi connectivity index (χ0v) is 15.5. The van der Waals surface area contributed by atoms with E-state index in [0.717, 1.165) is 5.56 Å². The van der Waals surface area contributed by atoms with Gasteiger partial charge in [0.1, 0.15) is 0 Å². The average molecular weight is 410 g/mol. The summed E-state index contributed by atoms with van der Waals surface area (Å²) < 4.78 is 37.6. The van der Waals surface area contributed by atoms with Crippen LogP contribution in [0, 0.1) is 5.92 Å². The number of benzene rings is 1. The van der Waals surface area contributed by atoms with Crippen LogP contribution in [0.1, 0.15) is 23.4 Å². The fourth-order valence-corrected chi connectivity index (χ4v) is 3.41. The maximum Gasteiger partial charge on any atom is 0.445 e. The number of hydrogen-bond donors (Lipinski definition) is 1. The summed E-state index contributed by atoms with van der Waals surface area (Å²) in [7, 11) is 0. The Bertz CT molecular complexity index is 859. The SMILES string of the molecule is O=C(Nc1nnc(C(F)(F)F)s1)C1CCN(C(=O)/C=C/c2ccccc2)CC1. The van der Waals surface area contributed by atoms with Gasteiger partial charge in [-0.25, -0.2) is 0 Å². The molecule has 10 heteroatoms. The molecule has 1 aromatic heterocycles. The molecule has 3 rings (SSSR count). The first-order valence-corrected chi connectivity index (χ1v) is 9.38. The molecule has 1 aliphatic rings. The number of hydrogen-bond acceptors (Lipinski definition) is 5. The van der Waals surface area contributed by atoms with E-state index in [0.29, 0.717) is 25.9 Å². The van der Waals surface area contributed by atoms with Gasteiger partial charge < -0.3 is 10.2 Å². The van der Waals surface area contributed by atoms with Crippen molar-refractivity contribution in [3.63, 3.8) is 0 Å². The number of carbonyl (C=O) groups excluding carboxylic acids is 2. The smallest absolute Gasteiger partial charge is 0.339 e. The van der Waals surface area contributed by atoms with Crippen molar-refractivity contribution in [1.82, 2.24) is 15.1 Å². The number of nitrogens with one attached hydrogen (secondary N) is 1. The van der Waals surface area contributed by atoms with E-state index in [9.17, 15) is 22.8 Å². The lowest BCUT2D eigenvalue weighted by Gasteiger charge is -2.30. The average Bonchev–Trinajstić information content (AvgIpc) is 3.16. The second kappa shape index (κ2) is 8.51. The quantitative estimate of drug-likeness (QED) is 0.784. The molecule has 1 aromatic carbocycles. The molecule has 2 amide bonds. The van der Waals surface area contributed by atoms with Crippen LogP contribution in [-0.2, 0) is 15.8 Å². The Balaban J connectivity index is 1.49. The molecule has 1 saturated heterocycles. The van der Waals surface area contributed by atoms with Gasteiger partial charge in [0.2, 0.25) is 22.0 Å².